The Balaban J connectivity index is 1.56. The van der Waals surface area contributed by atoms with Gasteiger partial charge in [0, 0.05) is 18.1 Å². The van der Waals surface area contributed by atoms with E-state index in [1.165, 1.54) is 32.4 Å². The van der Waals surface area contributed by atoms with E-state index in [1.807, 2.05) is 13.8 Å². The fourth-order valence-corrected chi connectivity index (χ4v) is 3.88. The smallest absolute Gasteiger partial charge is 0.338 e. The molecule has 0 unspecified atom stereocenters. The molecule has 1 saturated heterocycles. The van der Waals surface area contributed by atoms with Gasteiger partial charge < -0.3 is 33.9 Å². The molecule has 0 aromatic heterocycles. The first kappa shape index (κ1) is 27.1. The first-order valence-corrected chi connectivity index (χ1v) is 11.6. The Morgan fingerprint density at radius 1 is 0.972 bits per heavy atom. The van der Waals surface area contributed by atoms with Gasteiger partial charge >= 0.3 is 5.97 Å². The summed E-state index contributed by atoms with van der Waals surface area (Å²) < 4.78 is 26.9. The van der Waals surface area contributed by atoms with E-state index >= 15 is 0 Å². The summed E-state index contributed by atoms with van der Waals surface area (Å²) in [6.07, 6.45) is -0.167. The van der Waals surface area contributed by atoms with Crippen LogP contribution in [0.25, 0.3) is 0 Å². The lowest BCUT2D eigenvalue weighted by Crippen LogP contribution is -2.49. The topological polar surface area (TPSA) is 113 Å². The molecule has 2 amide bonds. The van der Waals surface area contributed by atoms with Gasteiger partial charge in [0.1, 0.15) is 5.75 Å². The van der Waals surface area contributed by atoms with Crippen molar-refractivity contribution in [2.75, 3.05) is 45.8 Å². The number of carbonyl (C=O) groups is 3. The molecule has 1 N–H and O–H groups in total. The van der Waals surface area contributed by atoms with Gasteiger partial charge in [0.15, 0.2) is 24.7 Å². The van der Waals surface area contributed by atoms with Crippen molar-refractivity contribution < 1.29 is 38.1 Å². The lowest BCUT2D eigenvalue weighted by Gasteiger charge is -2.35. The Labute approximate surface area is 214 Å². The number of morpholine rings is 1. The summed E-state index contributed by atoms with van der Waals surface area (Å²) in [6, 6.07) is 9.19. The van der Waals surface area contributed by atoms with Gasteiger partial charge in [-0.15, -0.1) is 0 Å². The van der Waals surface area contributed by atoms with E-state index in [-0.39, 0.29) is 48.4 Å². The van der Waals surface area contributed by atoms with Crippen LogP contribution < -0.4 is 19.5 Å². The maximum atomic E-state index is 12.5. The van der Waals surface area contributed by atoms with Gasteiger partial charge in [0.05, 0.1) is 37.7 Å². The van der Waals surface area contributed by atoms with Crippen molar-refractivity contribution in [3.63, 3.8) is 0 Å². The zero-order chi connectivity index (χ0) is 26.2. The minimum absolute atomic E-state index is 0.0835. The number of nitrogens with zero attached hydrogens (tertiary/aromatic N) is 1. The molecule has 11 heteroatoms. The summed E-state index contributed by atoms with van der Waals surface area (Å²) in [5.41, 5.74) is 0.572. The fraction of sp³-hybridized carbons (Fsp3) is 0.400. The largest absolute Gasteiger partial charge is 0.495 e. The number of halogens is 1. The summed E-state index contributed by atoms with van der Waals surface area (Å²) >= 11 is 5.98. The van der Waals surface area contributed by atoms with Crippen molar-refractivity contribution in [2.24, 2.45) is 0 Å². The number of benzene rings is 2. The lowest BCUT2D eigenvalue weighted by atomic mass is 10.2. The number of carbonyl (C=O) groups excluding carboxylic acids is 3. The van der Waals surface area contributed by atoms with Crippen LogP contribution in [-0.2, 0) is 19.1 Å². The molecule has 0 radical (unpaired) electrons. The van der Waals surface area contributed by atoms with Gasteiger partial charge in [-0.2, -0.15) is 0 Å². The molecule has 0 bridgehead atoms. The highest BCUT2D eigenvalue weighted by molar-refractivity contribution is 6.31. The molecule has 0 aliphatic carbocycles. The summed E-state index contributed by atoms with van der Waals surface area (Å²) in [5, 5.41) is 3.10. The Morgan fingerprint density at radius 3 is 2.31 bits per heavy atom. The van der Waals surface area contributed by atoms with E-state index in [4.69, 9.17) is 35.3 Å². The predicted molar refractivity (Wildman–Crippen MR) is 132 cm³/mol. The Morgan fingerprint density at radius 2 is 1.64 bits per heavy atom. The van der Waals surface area contributed by atoms with Crippen molar-refractivity contribution in [1.29, 1.82) is 0 Å². The van der Waals surface area contributed by atoms with E-state index in [9.17, 15) is 14.4 Å². The number of esters is 1. The number of anilines is 1. The van der Waals surface area contributed by atoms with Crippen LogP contribution in [-0.4, -0.2) is 75.4 Å². The van der Waals surface area contributed by atoms with E-state index in [2.05, 4.69) is 5.32 Å². The van der Waals surface area contributed by atoms with Crippen molar-refractivity contribution in [3.05, 3.63) is 47.0 Å². The molecule has 0 saturated carbocycles. The van der Waals surface area contributed by atoms with Crippen LogP contribution in [0, 0.1) is 0 Å². The van der Waals surface area contributed by atoms with Crippen LogP contribution in [0.3, 0.4) is 0 Å². The van der Waals surface area contributed by atoms with Gasteiger partial charge in [-0.05, 0) is 50.2 Å². The van der Waals surface area contributed by atoms with E-state index < -0.39 is 11.9 Å². The van der Waals surface area contributed by atoms with Crippen molar-refractivity contribution >= 4 is 35.1 Å². The standard InChI is InChI=1S/C25H29ClN2O8/c1-15-11-28(12-16(2)36-15)24(30)14-35-25(31)17-5-7-21(22(9-17)33-4)34-13-23(29)27-19-10-18(26)6-8-20(19)32-3/h5-10,15-16H,11-14H2,1-4H3,(H,27,29)/t15-,16+. The molecular weight excluding hydrogens is 492 g/mol. The van der Waals surface area contributed by atoms with Crippen LogP contribution >= 0.6 is 11.6 Å². The van der Waals surface area contributed by atoms with Crippen LogP contribution in [0.5, 0.6) is 17.2 Å². The molecule has 10 nitrogen and oxygen atoms in total. The number of hydrogen-bond acceptors (Lipinski definition) is 8. The van der Waals surface area contributed by atoms with Crippen molar-refractivity contribution in [2.45, 2.75) is 26.1 Å². The molecule has 2 aromatic carbocycles. The molecule has 1 aliphatic rings. The molecule has 36 heavy (non-hydrogen) atoms. The van der Waals surface area contributed by atoms with Gasteiger partial charge in [0.2, 0.25) is 0 Å². The summed E-state index contributed by atoms with van der Waals surface area (Å²) in [5.74, 6) is -0.516. The predicted octanol–water partition coefficient (Wildman–Crippen LogP) is 3.17. The average molecular weight is 521 g/mol. The van der Waals surface area contributed by atoms with Gasteiger partial charge in [-0.3, -0.25) is 9.59 Å². The normalized spacial score (nSPS) is 17.2. The highest BCUT2D eigenvalue weighted by atomic mass is 35.5. The van der Waals surface area contributed by atoms with Gasteiger partial charge in [-0.1, -0.05) is 11.6 Å². The lowest BCUT2D eigenvalue weighted by molar-refractivity contribution is -0.146. The zero-order valence-corrected chi connectivity index (χ0v) is 21.3. The van der Waals surface area contributed by atoms with Crippen molar-refractivity contribution in [3.8, 4) is 17.2 Å². The Hall–Kier alpha value is -3.50. The van der Waals surface area contributed by atoms with E-state index in [0.717, 1.165) is 0 Å². The number of ether oxygens (including phenoxy) is 5. The van der Waals surface area contributed by atoms with Crippen LogP contribution in [0.4, 0.5) is 5.69 Å². The zero-order valence-electron chi connectivity index (χ0n) is 20.5. The fourth-order valence-electron chi connectivity index (χ4n) is 3.70. The second-order valence-electron chi connectivity index (χ2n) is 8.18. The van der Waals surface area contributed by atoms with E-state index in [1.54, 1.807) is 23.1 Å². The highest BCUT2D eigenvalue weighted by Gasteiger charge is 2.26. The third kappa shape index (κ3) is 7.25. The molecule has 194 valence electrons. The highest BCUT2D eigenvalue weighted by Crippen LogP contribution is 2.30. The average Bonchev–Trinajstić information content (AvgIpc) is 2.85. The summed E-state index contributed by atoms with van der Waals surface area (Å²) in [6.45, 7) is 3.94. The molecule has 3 rings (SSSR count). The summed E-state index contributed by atoms with van der Waals surface area (Å²) in [7, 11) is 2.88. The maximum Gasteiger partial charge on any atom is 0.338 e. The number of rotatable bonds is 9. The minimum Gasteiger partial charge on any atom is -0.495 e. The third-order valence-corrected chi connectivity index (χ3v) is 5.53. The molecule has 1 heterocycles. The summed E-state index contributed by atoms with van der Waals surface area (Å²) in [4.78, 5) is 38.9. The molecule has 0 spiro atoms. The number of hydrogen-bond donors (Lipinski definition) is 1. The SMILES string of the molecule is COc1ccc(Cl)cc1NC(=O)COc1ccc(C(=O)OCC(=O)N2C[C@@H](C)O[C@@H](C)C2)cc1OC. The monoisotopic (exact) mass is 520 g/mol. The van der Waals surface area contributed by atoms with Crippen LogP contribution in [0.1, 0.15) is 24.2 Å². The minimum atomic E-state index is -0.687. The third-order valence-electron chi connectivity index (χ3n) is 5.29. The Kier molecular flexibility index (Phi) is 9.38. The molecule has 2 aromatic rings. The second-order valence-corrected chi connectivity index (χ2v) is 8.62. The van der Waals surface area contributed by atoms with Crippen molar-refractivity contribution in [1.82, 2.24) is 4.90 Å². The molecule has 1 aliphatic heterocycles. The van der Waals surface area contributed by atoms with Crippen LogP contribution in [0.2, 0.25) is 5.02 Å². The Bertz CT molecular complexity index is 1100. The number of amides is 2. The van der Waals surface area contributed by atoms with Gasteiger partial charge in [0.25, 0.3) is 11.8 Å². The molecule has 1 fully saturated rings. The quantitative estimate of drug-likeness (QED) is 0.502. The molecular formula is C25H29ClN2O8. The first-order chi connectivity index (χ1) is 17.2. The number of nitrogens with one attached hydrogen (secondary N) is 1. The van der Waals surface area contributed by atoms with E-state index in [0.29, 0.717) is 29.5 Å². The van der Waals surface area contributed by atoms with Crippen LogP contribution in [0.15, 0.2) is 36.4 Å². The number of methoxy groups -OCH3 is 2. The first-order valence-electron chi connectivity index (χ1n) is 11.2. The maximum absolute atomic E-state index is 12.5. The second kappa shape index (κ2) is 12.5. The molecule has 2 atom stereocenters. The van der Waals surface area contributed by atoms with Gasteiger partial charge in [-0.25, -0.2) is 4.79 Å².